The van der Waals surface area contributed by atoms with Gasteiger partial charge >= 0.3 is 0 Å². The van der Waals surface area contributed by atoms with Crippen LogP contribution in [0, 0.1) is 0 Å². The van der Waals surface area contributed by atoms with Gasteiger partial charge in [0.2, 0.25) is 11.8 Å². The van der Waals surface area contributed by atoms with Crippen LogP contribution in [0.25, 0.3) is 26.8 Å². The second kappa shape index (κ2) is 10.8. The molecule has 1 aromatic carbocycles. The quantitative estimate of drug-likeness (QED) is 0.306. The lowest BCUT2D eigenvalue weighted by Gasteiger charge is -2.33. The lowest BCUT2D eigenvalue weighted by atomic mass is 10.2. The van der Waals surface area contributed by atoms with Crippen molar-refractivity contribution in [2.75, 3.05) is 61.5 Å². The summed E-state index contributed by atoms with van der Waals surface area (Å²) in [4.78, 5) is 46.7. The first-order chi connectivity index (χ1) is 21.5. The molecule has 13 heteroatoms. The second-order valence-corrected chi connectivity index (χ2v) is 12.3. The third-order valence-corrected chi connectivity index (χ3v) is 9.45. The Morgan fingerprint density at radius 3 is 2.73 bits per heavy atom. The van der Waals surface area contributed by atoms with Gasteiger partial charge in [-0.2, -0.15) is 4.98 Å². The predicted molar refractivity (Wildman–Crippen MR) is 172 cm³/mol. The first-order valence-electron chi connectivity index (χ1n) is 14.8. The molecular formula is C31H31N9O3S. The molecule has 12 nitrogen and oxygen atoms in total. The van der Waals surface area contributed by atoms with Crippen LogP contribution >= 0.6 is 11.3 Å². The van der Waals surface area contributed by atoms with Gasteiger partial charge in [0.05, 0.1) is 24.1 Å². The molecule has 0 aliphatic carbocycles. The number of likely N-dealkylation sites (N-methyl/N-ethyl adjacent to an activating group) is 1. The van der Waals surface area contributed by atoms with Crippen molar-refractivity contribution in [3.05, 3.63) is 64.5 Å². The molecule has 5 aromatic rings. The predicted octanol–water partition coefficient (Wildman–Crippen LogP) is 3.76. The molecule has 3 aliphatic rings. The highest BCUT2D eigenvalue weighted by Gasteiger charge is 2.28. The highest BCUT2D eigenvalue weighted by atomic mass is 32.1. The monoisotopic (exact) mass is 609 g/mol. The number of ether oxygens (including phenoxy) is 1. The van der Waals surface area contributed by atoms with Gasteiger partial charge in [-0.3, -0.25) is 9.59 Å². The number of hydrogen-bond acceptors (Lipinski definition) is 10. The molecule has 0 spiro atoms. The summed E-state index contributed by atoms with van der Waals surface area (Å²) >= 11 is 1.73. The van der Waals surface area contributed by atoms with Crippen LogP contribution in [0.1, 0.15) is 12.8 Å². The molecule has 4 aromatic heterocycles. The van der Waals surface area contributed by atoms with Crippen molar-refractivity contribution in [1.29, 1.82) is 0 Å². The van der Waals surface area contributed by atoms with E-state index in [1.165, 1.54) is 15.8 Å². The molecule has 44 heavy (non-hydrogen) atoms. The number of nitrogens with zero attached hydrogens (tertiary/aromatic N) is 8. The molecule has 0 atom stereocenters. The molecule has 7 heterocycles. The summed E-state index contributed by atoms with van der Waals surface area (Å²) in [6.45, 7) is 5.05. The summed E-state index contributed by atoms with van der Waals surface area (Å²) in [7, 11) is 2.17. The molecule has 3 aliphatic heterocycles. The van der Waals surface area contributed by atoms with Crippen molar-refractivity contribution < 1.29 is 9.53 Å². The molecule has 0 unspecified atom stereocenters. The number of benzene rings is 1. The highest BCUT2D eigenvalue weighted by Crippen LogP contribution is 2.36. The van der Waals surface area contributed by atoms with Crippen LogP contribution in [-0.4, -0.2) is 81.5 Å². The fourth-order valence-corrected chi connectivity index (χ4v) is 7.14. The molecule has 1 amide bonds. The van der Waals surface area contributed by atoms with Gasteiger partial charge in [-0.25, -0.2) is 19.3 Å². The zero-order valence-electron chi connectivity index (χ0n) is 24.3. The van der Waals surface area contributed by atoms with Crippen LogP contribution in [0.5, 0.6) is 5.88 Å². The maximum absolute atomic E-state index is 13.6. The van der Waals surface area contributed by atoms with Gasteiger partial charge in [0.1, 0.15) is 11.1 Å². The number of hydrogen-bond donors (Lipinski definition) is 1. The topological polar surface area (TPSA) is 114 Å². The van der Waals surface area contributed by atoms with E-state index in [4.69, 9.17) is 9.72 Å². The molecule has 0 radical (unpaired) electrons. The van der Waals surface area contributed by atoms with Crippen LogP contribution < -0.4 is 25.4 Å². The van der Waals surface area contributed by atoms with Gasteiger partial charge in [0.15, 0.2) is 12.3 Å². The Morgan fingerprint density at radius 2 is 1.84 bits per heavy atom. The molecular weight excluding hydrogens is 578 g/mol. The Balaban J connectivity index is 1.18. The number of amides is 1. The van der Waals surface area contributed by atoms with E-state index < -0.39 is 0 Å². The van der Waals surface area contributed by atoms with E-state index in [1.807, 2.05) is 24.3 Å². The number of rotatable bonds is 3. The van der Waals surface area contributed by atoms with E-state index in [-0.39, 0.29) is 18.1 Å². The first-order valence-corrected chi connectivity index (χ1v) is 15.7. The fourth-order valence-electron chi connectivity index (χ4n) is 6.13. The third-order valence-electron chi connectivity index (χ3n) is 8.51. The zero-order valence-corrected chi connectivity index (χ0v) is 25.1. The first kappa shape index (κ1) is 26.8. The number of aromatic nitrogens is 5. The highest BCUT2D eigenvalue weighted by molar-refractivity contribution is 7.17. The Kier molecular flexibility index (Phi) is 6.56. The maximum atomic E-state index is 13.6. The van der Waals surface area contributed by atoms with E-state index in [0.29, 0.717) is 47.3 Å². The van der Waals surface area contributed by atoms with Crippen molar-refractivity contribution in [2.24, 2.45) is 0 Å². The van der Waals surface area contributed by atoms with Gasteiger partial charge in [-0.15, -0.1) is 11.3 Å². The van der Waals surface area contributed by atoms with Crippen LogP contribution in [0.4, 0.5) is 23.0 Å². The lowest BCUT2D eigenvalue weighted by Crippen LogP contribution is -2.44. The summed E-state index contributed by atoms with van der Waals surface area (Å²) in [5, 5.41) is 7.23. The van der Waals surface area contributed by atoms with Gasteiger partial charge in [-0.05, 0) is 44.2 Å². The van der Waals surface area contributed by atoms with Crippen LogP contribution in [0.15, 0.2) is 59.0 Å². The Morgan fingerprint density at radius 1 is 0.955 bits per heavy atom. The minimum Gasteiger partial charge on any atom is -0.466 e. The molecule has 1 fully saturated rings. The number of allylic oxidation sites excluding steroid dienone is 2. The third kappa shape index (κ3) is 4.59. The molecule has 1 N–H and O–H groups in total. The minimum atomic E-state index is -0.202. The molecule has 0 saturated carbocycles. The van der Waals surface area contributed by atoms with Crippen molar-refractivity contribution in [3.8, 4) is 11.6 Å². The number of piperazine rings is 1. The molecule has 1 saturated heterocycles. The Hall–Kier alpha value is -4.75. The van der Waals surface area contributed by atoms with Crippen molar-refractivity contribution in [1.82, 2.24) is 29.2 Å². The normalized spacial score (nSPS) is 17.3. The van der Waals surface area contributed by atoms with E-state index in [1.54, 1.807) is 38.0 Å². The van der Waals surface area contributed by atoms with E-state index in [9.17, 15) is 9.59 Å². The Bertz CT molecular complexity index is 2000. The van der Waals surface area contributed by atoms with Crippen LogP contribution in [-0.2, 0) is 11.3 Å². The van der Waals surface area contributed by atoms with Gasteiger partial charge in [-0.1, -0.05) is 12.2 Å². The summed E-state index contributed by atoms with van der Waals surface area (Å²) in [6.07, 6.45) is 8.81. The zero-order chi connectivity index (χ0) is 29.8. The standard InChI is InChI=1S/C31H31N9O3S/c1-36-10-12-37(13-11-36)25-19-44-26-14-20(6-7-22(25)26)34-31-33-17-23-28(35-31)40-21-15-24-29(32-16-21)43-18-27(41)38(24)8-4-2-3-5-9-39(40)30(23)42/h3,5-7,14-17,19H,2,4,8-13,18H2,1H3,(H,33,34,35). The number of fused-ring (bicyclic) bond motifs is 6. The van der Waals surface area contributed by atoms with E-state index in [2.05, 4.69) is 49.6 Å². The summed E-state index contributed by atoms with van der Waals surface area (Å²) in [5.41, 5.74) is 3.59. The molecule has 224 valence electrons. The summed E-state index contributed by atoms with van der Waals surface area (Å²) in [6, 6.07) is 8.16. The Labute approximate surface area is 256 Å². The second-order valence-electron chi connectivity index (χ2n) is 11.3. The number of thiophene rings is 1. The van der Waals surface area contributed by atoms with Crippen molar-refractivity contribution in [2.45, 2.75) is 19.4 Å². The van der Waals surface area contributed by atoms with E-state index in [0.717, 1.165) is 44.7 Å². The fraction of sp³-hybridized carbons (Fsp3) is 0.323. The average Bonchev–Trinajstić information content (AvgIpc) is 3.57. The lowest BCUT2D eigenvalue weighted by molar-refractivity contribution is -0.121. The van der Waals surface area contributed by atoms with Crippen LogP contribution in [0.2, 0.25) is 0 Å². The summed E-state index contributed by atoms with van der Waals surface area (Å²) < 4.78 is 10.2. The maximum Gasteiger partial charge on any atom is 0.278 e. The largest absolute Gasteiger partial charge is 0.466 e. The average molecular weight is 610 g/mol. The van der Waals surface area contributed by atoms with Crippen molar-refractivity contribution in [3.63, 3.8) is 0 Å². The number of pyridine rings is 1. The SMILES string of the molecule is CN1CCN(c2csc3cc(Nc4ncc5c(=O)n6n(c5n4)-c4cnc5c(c4)N(CCCC=CC6)C(=O)CO5)ccc23)CC1. The number of carbonyl (C=O) groups excluding carboxylic acids is 1. The van der Waals surface area contributed by atoms with Gasteiger partial charge < -0.3 is 24.8 Å². The van der Waals surface area contributed by atoms with Crippen molar-refractivity contribution >= 4 is 61.4 Å². The molecule has 8 rings (SSSR count). The smallest absolute Gasteiger partial charge is 0.278 e. The molecule has 2 bridgehead atoms. The number of anilines is 4. The van der Waals surface area contributed by atoms with Gasteiger partial charge in [0, 0.05) is 60.1 Å². The number of carbonyl (C=O) groups is 1. The van der Waals surface area contributed by atoms with Crippen LogP contribution in [0.3, 0.4) is 0 Å². The van der Waals surface area contributed by atoms with E-state index >= 15 is 0 Å². The number of nitrogens with one attached hydrogen (secondary N) is 1. The van der Waals surface area contributed by atoms with Gasteiger partial charge in [0.25, 0.3) is 11.5 Å². The summed E-state index contributed by atoms with van der Waals surface area (Å²) in [5.74, 6) is 0.670. The minimum absolute atomic E-state index is 0.0387.